The fourth-order valence-electron chi connectivity index (χ4n) is 4.86. The number of carbonyl (C=O) groups excluding carboxylic acids is 1. The second kappa shape index (κ2) is 13.6. The Morgan fingerprint density at radius 2 is 1.85 bits per heavy atom. The first kappa shape index (κ1) is 30.6. The molecule has 2 unspecified atom stereocenters. The average molecular weight is 584 g/mol. The third-order valence-corrected chi connectivity index (χ3v) is 8.11. The predicted octanol–water partition coefficient (Wildman–Crippen LogP) is 4.37. The summed E-state index contributed by atoms with van der Waals surface area (Å²) in [5.41, 5.74) is 9.73. The van der Waals surface area contributed by atoms with E-state index in [0.29, 0.717) is 43.7 Å². The van der Waals surface area contributed by atoms with Crippen LogP contribution in [0, 0.1) is 5.82 Å². The lowest BCUT2D eigenvalue weighted by atomic mass is 9.90. The smallest absolute Gasteiger partial charge is 0.251 e. The topological polar surface area (TPSA) is 120 Å². The van der Waals surface area contributed by atoms with Gasteiger partial charge in [0.2, 0.25) is 0 Å². The van der Waals surface area contributed by atoms with Gasteiger partial charge >= 0.3 is 0 Å². The first-order valence-electron chi connectivity index (χ1n) is 13.7. The summed E-state index contributed by atoms with van der Waals surface area (Å²) in [6.45, 7) is 2.89. The average Bonchev–Trinajstić information content (AvgIpc) is 3.29. The van der Waals surface area contributed by atoms with Gasteiger partial charge in [-0.15, -0.1) is 0 Å². The molecule has 1 heterocycles. The second-order valence-electron chi connectivity index (χ2n) is 10.7. The van der Waals surface area contributed by atoms with Crippen LogP contribution in [-0.2, 0) is 32.3 Å². The maximum Gasteiger partial charge on any atom is 0.251 e. The van der Waals surface area contributed by atoms with E-state index in [9.17, 15) is 17.6 Å². The van der Waals surface area contributed by atoms with Crippen LogP contribution in [0.25, 0.3) is 0 Å². The van der Waals surface area contributed by atoms with Crippen LogP contribution in [-0.4, -0.2) is 51.3 Å². The molecule has 41 heavy (non-hydrogen) atoms. The maximum atomic E-state index is 13.3. The molecule has 4 rings (SSSR count). The monoisotopic (exact) mass is 583 g/mol. The van der Waals surface area contributed by atoms with Crippen molar-refractivity contribution in [2.45, 2.75) is 50.7 Å². The lowest BCUT2D eigenvalue weighted by Crippen LogP contribution is -2.50. The Morgan fingerprint density at radius 3 is 2.56 bits per heavy atom. The highest BCUT2D eigenvalue weighted by Crippen LogP contribution is 2.29. The number of rotatable bonds is 13. The molecule has 1 amide bonds. The van der Waals surface area contributed by atoms with E-state index in [4.69, 9.17) is 15.2 Å². The maximum absolute atomic E-state index is 13.3. The minimum absolute atomic E-state index is 0.0599. The molecular weight excluding hydrogens is 545 g/mol. The van der Waals surface area contributed by atoms with Crippen molar-refractivity contribution in [2.24, 2.45) is 5.73 Å². The van der Waals surface area contributed by atoms with Crippen molar-refractivity contribution >= 4 is 21.4 Å². The van der Waals surface area contributed by atoms with Crippen LogP contribution in [0.2, 0.25) is 0 Å². The van der Waals surface area contributed by atoms with Gasteiger partial charge in [-0.3, -0.25) is 4.79 Å². The zero-order valence-electron chi connectivity index (χ0n) is 23.4. The summed E-state index contributed by atoms with van der Waals surface area (Å²) < 4.78 is 48.4. The van der Waals surface area contributed by atoms with Crippen LogP contribution < -0.4 is 16.4 Å². The summed E-state index contributed by atoms with van der Waals surface area (Å²) in [7, 11) is -3.08. The molecule has 1 aliphatic heterocycles. The molecule has 4 N–H and O–H groups in total. The van der Waals surface area contributed by atoms with E-state index in [0.717, 1.165) is 16.7 Å². The van der Waals surface area contributed by atoms with Gasteiger partial charge in [-0.1, -0.05) is 42.5 Å². The van der Waals surface area contributed by atoms with Gasteiger partial charge in [-0.25, -0.2) is 12.8 Å². The van der Waals surface area contributed by atoms with Crippen molar-refractivity contribution < 1.29 is 27.1 Å². The van der Waals surface area contributed by atoms with E-state index in [1.165, 1.54) is 18.4 Å². The van der Waals surface area contributed by atoms with Gasteiger partial charge < -0.3 is 25.8 Å². The number of sulfone groups is 1. The molecule has 0 bridgehead atoms. The van der Waals surface area contributed by atoms with Gasteiger partial charge in [-0.2, -0.15) is 0 Å². The summed E-state index contributed by atoms with van der Waals surface area (Å²) in [6.07, 6.45) is 2.27. The Morgan fingerprint density at radius 1 is 1.12 bits per heavy atom. The fraction of sp³-hybridized carbons (Fsp3) is 0.387. The summed E-state index contributed by atoms with van der Waals surface area (Å²) in [6, 6.07) is 20.9. The number of nitrogens with two attached hydrogens (primary N) is 1. The molecule has 10 heteroatoms. The molecule has 3 aromatic carbocycles. The summed E-state index contributed by atoms with van der Waals surface area (Å²) >= 11 is 0. The number of amides is 1. The van der Waals surface area contributed by atoms with Gasteiger partial charge in [0, 0.05) is 24.1 Å². The van der Waals surface area contributed by atoms with E-state index in [-0.39, 0.29) is 30.1 Å². The normalized spacial score (nSPS) is 19.6. The lowest BCUT2D eigenvalue weighted by Gasteiger charge is -2.30. The standard InChI is InChI=1S/C31H38FN3O5S/c1-22(25-9-11-27(32)12-10-25)35-29(36)26-17-24(18-28(19-26)34-14-6-16-41(2,37)38)21-40-30-31(33,13-15-39-30)20-23-7-4-3-5-8-23/h3-5,7-12,17-19,22,30,34H,6,13-16,20-21,33H2,1-2H3,(H,35,36)/t22-,30?,31?/m1/s1. The largest absolute Gasteiger partial charge is 0.385 e. The van der Waals surface area contributed by atoms with Crippen molar-refractivity contribution in [1.29, 1.82) is 0 Å². The first-order valence-corrected chi connectivity index (χ1v) is 15.7. The molecular formula is C31H38FN3O5S. The van der Waals surface area contributed by atoms with E-state index in [1.807, 2.05) is 43.3 Å². The van der Waals surface area contributed by atoms with Crippen LogP contribution in [0.3, 0.4) is 0 Å². The molecule has 220 valence electrons. The van der Waals surface area contributed by atoms with Gasteiger partial charge in [0.05, 0.1) is 30.5 Å². The molecule has 0 aromatic heterocycles. The number of nitrogens with one attached hydrogen (secondary N) is 2. The fourth-order valence-corrected chi connectivity index (χ4v) is 5.53. The first-order chi connectivity index (χ1) is 19.5. The highest BCUT2D eigenvalue weighted by atomic mass is 32.2. The number of benzene rings is 3. The van der Waals surface area contributed by atoms with Crippen LogP contribution in [0.1, 0.15) is 52.9 Å². The molecule has 0 radical (unpaired) electrons. The van der Waals surface area contributed by atoms with Gasteiger partial charge in [0.25, 0.3) is 5.91 Å². The molecule has 1 fully saturated rings. The molecule has 0 spiro atoms. The number of ether oxygens (including phenoxy) is 2. The van der Waals surface area contributed by atoms with E-state index in [2.05, 4.69) is 10.6 Å². The van der Waals surface area contributed by atoms with Crippen LogP contribution in [0.5, 0.6) is 0 Å². The Hall–Kier alpha value is -3.31. The van der Waals surface area contributed by atoms with Crippen LogP contribution >= 0.6 is 0 Å². The van der Waals surface area contributed by atoms with Gasteiger partial charge in [0.15, 0.2) is 6.29 Å². The molecule has 3 atom stereocenters. The zero-order valence-corrected chi connectivity index (χ0v) is 24.3. The molecule has 0 aliphatic carbocycles. The van der Waals surface area contributed by atoms with Crippen LogP contribution in [0.4, 0.5) is 10.1 Å². The van der Waals surface area contributed by atoms with E-state index >= 15 is 0 Å². The number of halogens is 1. The number of hydrogen-bond donors (Lipinski definition) is 3. The second-order valence-corrected chi connectivity index (χ2v) is 13.0. The third-order valence-electron chi connectivity index (χ3n) is 7.08. The van der Waals surface area contributed by atoms with Gasteiger partial charge in [0.1, 0.15) is 15.7 Å². The van der Waals surface area contributed by atoms with Crippen molar-refractivity contribution in [3.8, 4) is 0 Å². The Labute approximate surface area is 241 Å². The van der Waals surface area contributed by atoms with Crippen molar-refractivity contribution in [3.05, 3.63) is 101 Å². The minimum atomic E-state index is -3.08. The Kier molecular flexibility index (Phi) is 10.1. The van der Waals surface area contributed by atoms with E-state index < -0.39 is 21.7 Å². The van der Waals surface area contributed by atoms with Crippen LogP contribution in [0.15, 0.2) is 72.8 Å². The molecule has 3 aromatic rings. The predicted molar refractivity (Wildman–Crippen MR) is 158 cm³/mol. The molecule has 8 nitrogen and oxygen atoms in total. The Bertz CT molecular complexity index is 1420. The minimum Gasteiger partial charge on any atom is -0.385 e. The highest BCUT2D eigenvalue weighted by molar-refractivity contribution is 7.90. The van der Waals surface area contributed by atoms with E-state index in [1.54, 1.807) is 24.3 Å². The summed E-state index contributed by atoms with van der Waals surface area (Å²) in [5.74, 6) is -0.593. The SMILES string of the molecule is C[C@@H](NC(=O)c1cc(COC2OCCC2(N)Cc2ccccc2)cc(NCCCS(C)(=O)=O)c1)c1ccc(F)cc1. The van der Waals surface area contributed by atoms with Crippen molar-refractivity contribution in [2.75, 3.05) is 30.5 Å². The molecule has 1 aliphatic rings. The number of carbonyl (C=O) groups is 1. The molecule has 1 saturated heterocycles. The molecule has 0 saturated carbocycles. The van der Waals surface area contributed by atoms with Crippen molar-refractivity contribution in [1.82, 2.24) is 5.32 Å². The third kappa shape index (κ3) is 9.09. The quantitative estimate of drug-likeness (QED) is 0.256. The summed E-state index contributed by atoms with van der Waals surface area (Å²) in [4.78, 5) is 13.3. The summed E-state index contributed by atoms with van der Waals surface area (Å²) in [5, 5.41) is 6.18. The van der Waals surface area contributed by atoms with Crippen molar-refractivity contribution in [3.63, 3.8) is 0 Å². The highest BCUT2D eigenvalue weighted by Gasteiger charge is 2.41. The van der Waals surface area contributed by atoms with Gasteiger partial charge in [-0.05, 0) is 73.2 Å². The number of anilines is 1. The Balaban J connectivity index is 1.48. The zero-order chi connectivity index (χ0) is 29.5. The number of hydrogen-bond acceptors (Lipinski definition) is 7. The lowest BCUT2D eigenvalue weighted by molar-refractivity contribution is -0.145.